The van der Waals surface area contributed by atoms with Crippen LogP contribution in [0.2, 0.25) is 0 Å². The van der Waals surface area contributed by atoms with E-state index in [0.717, 1.165) is 49.0 Å². The van der Waals surface area contributed by atoms with E-state index in [-0.39, 0.29) is 5.91 Å². The van der Waals surface area contributed by atoms with Crippen LogP contribution in [0.25, 0.3) is 0 Å². The lowest BCUT2D eigenvalue weighted by Gasteiger charge is -2.45. The predicted octanol–water partition coefficient (Wildman–Crippen LogP) is 2.31. The van der Waals surface area contributed by atoms with E-state index in [1.54, 1.807) is 7.11 Å². The molecule has 2 aliphatic heterocycles. The number of benzene rings is 1. The highest BCUT2D eigenvalue weighted by Crippen LogP contribution is 2.41. The number of likely N-dealkylation sites (tertiary alicyclic amines) is 1. The van der Waals surface area contributed by atoms with E-state index in [9.17, 15) is 4.79 Å². The van der Waals surface area contributed by atoms with E-state index in [0.29, 0.717) is 13.1 Å². The standard InChI is InChI=1S/C23H30N4O3/c1-29-19-4-2-3-18(13-19)14-25-21(28)20-16-27-12-9-24-22(27)23(30-20)7-10-26(11-8-23)15-17-5-6-17/h2-4,9,12-13,17,20H,5-8,10-11,14-16H2,1H3,(H,25,28). The summed E-state index contributed by atoms with van der Waals surface area (Å²) < 4.78 is 13.9. The molecule has 1 atom stereocenters. The van der Waals surface area contributed by atoms with Crippen molar-refractivity contribution in [3.8, 4) is 5.75 Å². The lowest BCUT2D eigenvalue weighted by molar-refractivity contribution is -0.173. The molecule has 2 aromatic rings. The van der Waals surface area contributed by atoms with Gasteiger partial charge in [-0.1, -0.05) is 12.1 Å². The molecule has 3 aliphatic rings. The van der Waals surface area contributed by atoms with E-state index in [4.69, 9.17) is 9.47 Å². The topological polar surface area (TPSA) is 68.6 Å². The van der Waals surface area contributed by atoms with Crippen molar-refractivity contribution in [2.75, 3.05) is 26.7 Å². The fourth-order valence-corrected chi connectivity index (χ4v) is 4.72. The average Bonchev–Trinajstić information content (AvgIpc) is 3.46. The molecule has 1 aromatic heterocycles. The Morgan fingerprint density at radius 2 is 2.17 bits per heavy atom. The van der Waals surface area contributed by atoms with Gasteiger partial charge in [-0.2, -0.15) is 0 Å². The van der Waals surface area contributed by atoms with Crippen LogP contribution in [-0.4, -0.2) is 53.2 Å². The number of ether oxygens (including phenoxy) is 2. The smallest absolute Gasteiger partial charge is 0.251 e. The van der Waals surface area contributed by atoms with Crippen molar-refractivity contribution in [3.63, 3.8) is 0 Å². The first-order valence-corrected chi connectivity index (χ1v) is 11.0. The maximum Gasteiger partial charge on any atom is 0.251 e. The first kappa shape index (κ1) is 19.6. The normalized spacial score (nSPS) is 23.2. The Morgan fingerprint density at radius 1 is 1.33 bits per heavy atom. The minimum absolute atomic E-state index is 0.0723. The molecule has 160 valence electrons. The van der Waals surface area contributed by atoms with Gasteiger partial charge in [0.2, 0.25) is 0 Å². The first-order chi connectivity index (χ1) is 14.6. The quantitative estimate of drug-likeness (QED) is 0.792. The number of carbonyl (C=O) groups excluding carboxylic acids is 1. The summed E-state index contributed by atoms with van der Waals surface area (Å²) in [7, 11) is 1.64. The van der Waals surface area contributed by atoms with Crippen molar-refractivity contribution in [3.05, 3.63) is 48.0 Å². The maximum absolute atomic E-state index is 13.0. The third-order valence-corrected chi connectivity index (χ3v) is 6.62. The molecule has 7 heteroatoms. The molecule has 1 spiro atoms. The summed E-state index contributed by atoms with van der Waals surface area (Å²) in [5, 5.41) is 3.04. The van der Waals surface area contributed by atoms with E-state index in [1.165, 1.54) is 19.4 Å². The molecule has 0 radical (unpaired) electrons. The van der Waals surface area contributed by atoms with Gasteiger partial charge in [0, 0.05) is 38.6 Å². The molecule has 1 amide bonds. The monoisotopic (exact) mass is 410 g/mol. The number of methoxy groups -OCH3 is 1. The van der Waals surface area contributed by atoms with Gasteiger partial charge in [0.1, 0.15) is 17.2 Å². The number of imidazole rings is 1. The summed E-state index contributed by atoms with van der Waals surface area (Å²) in [6.45, 7) is 4.17. The molecule has 3 heterocycles. The highest BCUT2D eigenvalue weighted by molar-refractivity contribution is 5.81. The molecule has 1 aliphatic carbocycles. The number of aromatic nitrogens is 2. The number of amides is 1. The second-order valence-corrected chi connectivity index (χ2v) is 8.82. The van der Waals surface area contributed by atoms with Gasteiger partial charge in [0.15, 0.2) is 6.10 Å². The second kappa shape index (κ2) is 8.04. The zero-order valence-electron chi connectivity index (χ0n) is 17.5. The van der Waals surface area contributed by atoms with Crippen LogP contribution in [0.3, 0.4) is 0 Å². The number of hydrogen-bond acceptors (Lipinski definition) is 5. The molecule has 30 heavy (non-hydrogen) atoms. The predicted molar refractivity (Wildman–Crippen MR) is 112 cm³/mol. The van der Waals surface area contributed by atoms with Gasteiger partial charge in [-0.25, -0.2) is 4.98 Å². The van der Waals surface area contributed by atoms with Crippen LogP contribution in [0, 0.1) is 5.92 Å². The highest BCUT2D eigenvalue weighted by atomic mass is 16.5. The molecular formula is C23H30N4O3. The van der Waals surface area contributed by atoms with Crippen LogP contribution in [0.1, 0.15) is 37.1 Å². The van der Waals surface area contributed by atoms with Crippen molar-refractivity contribution < 1.29 is 14.3 Å². The number of piperidine rings is 1. The largest absolute Gasteiger partial charge is 0.497 e. The molecule has 0 bridgehead atoms. The van der Waals surface area contributed by atoms with Crippen molar-refractivity contribution in [2.45, 2.75) is 50.5 Å². The molecule has 1 unspecified atom stereocenters. The minimum Gasteiger partial charge on any atom is -0.497 e. The molecule has 1 aromatic carbocycles. The van der Waals surface area contributed by atoms with Crippen LogP contribution in [-0.2, 0) is 28.2 Å². The van der Waals surface area contributed by atoms with Gasteiger partial charge >= 0.3 is 0 Å². The summed E-state index contributed by atoms with van der Waals surface area (Å²) in [6, 6.07) is 7.75. The molecule has 1 saturated heterocycles. The third kappa shape index (κ3) is 3.96. The summed E-state index contributed by atoms with van der Waals surface area (Å²) in [5.74, 6) is 2.58. The number of carbonyl (C=O) groups is 1. The molecule has 7 nitrogen and oxygen atoms in total. The van der Waals surface area contributed by atoms with E-state index < -0.39 is 11.7 Å². The van der Waals surface area contributed by atoms with Gasteiger partial charge in [-0.3, -0.25) is 4.79 Å². The number of fused-ring (bicyclic) bond motifs is 2. The van der Waals surface area contributed by atoms with Crippen molar-refractivity contribution >= 4 is 5.91 Å². The Morgan fingerprint density at radius 3 is 2.93 bits per heavy atom. The van der Waals surface area contributed by atoms with Gasteiger partial charge in [0.05, 0.1) is 13.7 Å². The van der Waals surface area contributed by atoms with Gasteiger partial charge < -0.3 is 24.3 Å². The van der Waals surface area contributed by atoms with Crippen LogP contribution < -0.4 is 10.1 Å². The Kier molecular flexibility index (Phi) is 5.25. The number of rotatable bonds is 6. The zero-order chi connectivity index (χ0) is 20.6. The van der Waals surface area contributed by atoms with Crippen molar-refractivity contribution in [1.82, 2.24) is 19.8 Å². The average molecular weight is 411 g/mol. The lowest BCUT2D eigenvalue weighted by Crippen LogP contribution is -2.54. The highest BCUT2D eigenvalue weighted by Gasteiger charge is 2.47. The first-order valence-electron chi connectivity index (χ1n) is 11.0. The Labute approximate surface area is 177 Å². The van der Waals surface area contributed by atoms with E-state index in [2.05, 4.69) is 19.8 Å². The van der Waals surface area contributed by atoms with Crippen LogP contribution in [0.15, 0.2) is 36.7 Å². The van der Waals surface area contributed by atoms with E-state index in [1.807, 2.05) is 36.7 Å². The van der Waals surface area contributed by atoms with Crippen molar-refractivity contribution in [1.29, 1.82) is 0 Å². The molecular weight excluding hydrogens is 380 g/mol. The fourth-order valence-electron chi connectivity index (χ4n) is 4.72. The zero-order valence-corrected chi connectivity index (χ0v) is 17.5. The SMILES string of the molecule is COc1cccc(CNC(=O)C2Cn3ccnc3C3(CCN(CC4CC4)CC3)O2)c1. The lowest BCUT2D eigenvalue weighted by atomic mass is 9.88. The second-order valence-electron chi connectivity index (χ2n) is 8.82. The van der Waals surface area contributed by atoms with E-state index >= 15 is 0 Å². The third-order valence-electron chi connectivity index (χ3n) is 6.62. The fraction of sp³-hybridized carbons (Fsp3) is 0.565. The van der Waals surface area contributed by atoms with Crippen LogP contribution >= 0.6 is 0 Å². The van der Waals surface area contributed by atoms with Gasteiger partial charge in [-0.05, 0) is 49.3 Å². The number of nitrogens with zero attached hydrogens (tertiary/aromatic N) is 3. The maximum atomic E-state index is 13.0. The summed E-state index contributed by atoms with van der Waals surface area (Å²) in [4.78, 5) is 20.2. The molecule has 1 saturated carbocycles. The number of nitrogens with one attached hydrogen (secondary N) is 1. The van der Waals surface area contributed by atoms with Gasteiger partial charge in [-0.15, -0.1) is 0 Å². The molecule has 1 N–H and O–H groups in total. The van der Waals surface area contributed by atoms with Crippen molar-refractivity contribution in [2.24, 2.45) is 5.92 Å². The Bertz CT molecular complexity index is 899. The number of hydrogen-bond donors (Lipinski definition) is 1. The summed E-state index contributed by atoms with van der Waals surface area (Å²) >= 11 is 0. The van der Waals surface area contributed by atoms with Gasteiger partial charge in [0.25, 0.3) is 5.91 Å². The summed E-state index contributed by atoms with van der Waals surface area (Å²) in [5.41, 5.74) is 0.546. The Balaban J connectivity index is 1.25. The van der Waals surface area contributed by atoms with Crippen LogP contribution in [0.5, 0.6) is 5.75 Å². The molecule has 2 fully saturated rings. The summed E-state index contributed by atoms with van der Waals surface area (Å²) in [6.07, 6.45) is 7.81. The minimum atomic E-state index is -0.507. The van der Waals surface area contributed by atoms with Crippen LogP contribution in [0.4, 0.5) is 0 Å². The molecule has 5 rings (SSSR count). The Hall–Kier alpha value is -2.38.